The van der Waals surface area contributed by atoms with Crippen LogP contribution in [0.4, 0.5) is 0 Å². The molecule has 1 unspecified atom stereocenters. The maximum atomic E-state index is 6.33. The Morgan fingerprint density at radius 3 is 2.57 bits per heavy atom. The number of nitrogens with one attached hydrogen (secondary N) is 1. The average Bonchev–Trinajstić information content (AvgIpc) is 2.50. The zero-order valence-corrected chi connectivity index (χ0v) is 14.3. The highest BCUT2D eigenvalue weighted by atomic mass is 35.5. The third-order valence-corrected chi connectivity index (χ3v) is 4.01. The molecule has 3 nitrogen and oxygen atoms in total. The van der Waals surface area contributed by atoms with Gasteiger partial charge in [0.15, 0.2) is 0 Å². The van der Waals surface area contributed by atoms with Crippen molar-refractivity contribution >= 4 is 11.6 Å². The average molecular weight is 313 g/mol. The minimum atomic E-state index is 0.310. The summed E-state index contributed by atoms with van der Waals surface area (Å²) in [5.74, 6) is 0. The molecule has 1 N–H and O–H groups in total. The van der Waals surface area contributed by atoms with Crippen LogP contribution in [-0.4, -0.2) is 44.3 Å². The smallest absolute Gasteiger partial charge is 0.0593 e. The van der Waals surface area contributed by atoms with Gasteiger partial charge < -0.3 is 15.0 Å². The van der Waals surface area contributed by atoms with Gasteiger partial charge in [0.25, 0.3) is 0 Å². The van der Waals surface area contributed by atoms with Crippen LogP contribution >= 0.6 is 11.6 Å². The van der Waals surface area contributed by atoms with E-state index in [-0.39, 0.29) is 0 Å². The normalized spacial score (nSPS) is 12.8. The molecule has 0 aliphatic carbocycles. The Bertz CT molecular complexity index is 387. The molecule has 1 rings (SSSR count). The first-order chi connectivity index (χ1) is 10.2. The van der Waals surface area contributed by atoms with Gasteiger partial charge >= 0.3 is 0 Å². The van der Waals surface area contributed by atoms with Crippen LogP contribution in [0.25, 0.3) is 0 Å². The lowest BCUT2D eigenvalue weighted by Crippen LogP contribution is -2.32. The van der Waals surface area contributed by atoms with Crippen molar-refractivity contribution in [3.63, 3.8) is 0 Å². The number of ether oxygens (including phenoxy) is 1. The zero-order chi connectivity index (χ0) is 15.5. The van der Waals surface area contributed by atoms with E-state index in [0.29, 0.717) is 6.04 Å². The van der Waals surface area contributed by atoms with E-state index in [0.717, 1.165) is 50.8 Å². The number of halogens is 1. The van der Waals surface area contributed by atoms with Crippen molar-refractivity contribution in [2.45, 2.75) is 33.2 Å². The van der Waals surface area contributed by atoms with E-state index in [1.807, 2.05) is 19.1 Å². The van der Waals surface area contributed by atoms with Crippen molar-refractivity contribution in [2.75, 3.05) is 39.4 Å². The first-order valence-electron chi connectivity index (χ1n) is 8.00. The van der Waals surface area contributed by atoms with Gasteiger partial charge in [0.1, 0.15) is 0 Å². The third kappa shape index (κ3) is 6.79. The van der Waals surface area contributed by atoms with Gasteiger partial charge in [-0.25, -0.2) is 0 Å². The topological polar surface area (TPSA) is 24.5 Å². The summed E-state index contributed by atoms with van der Waals surface area (Å²) < 4.78 is 5.45. The van der Waals surface area contributed by atoms with Crippen molar-refractivity contribution in [1.82, 2.24) is 10.2 Å². The van der Waals surface area contributed by atoms with Crippen LogP contribution in [0.1, 0.15) is 38.8 Å². The fourth-order valence-electron chi connectivity index (χ4n) is 2.45. The van der Waals surface area contributed by atoms with Crippen LogP contribution in [0.3, 0.4) is 0 Å². The standard InChI is InChI=1S/C17H29ClN2O/c1-4-19-17(15-9-7-8-10-16(15)18)11-12-20(5-2)13-14-21-6-3/h7-10,17,19H,4-6,11-14H2,1-3H3. The number of nitrogens with zero attached hydrogens (tertiary/aromatic N) is 1. The number of likely N-dealkylation sites (N-methyl/N-ethyl adjacent to an activating group) is 1. The lowest BCUT2D eigenvalue weighted by atomic mass is 10.0. The second-order valence-electron chi connectivity index (χ2n) is 5.05. The largest absolute Gasteiger partial charge is 0.380 e. The van der Waals surface area contributed by atoms with E-state index in [4.69, 9.17) is 16.3 Å². The Balaban J connectivity index is 2.56. The zero-order valence-electron chi connectivity index (χ0n) is 13.6. The molecule has 0 saturated carbocycles. The van der Waals surface area contributed by atoms with Crippen molar-refractivity contribution in [3.8, 4) is 0 Å². The summed E-state index contributed by atoms with van der Waals surface area (Å²) in [4.78, 5) is 2.43. The van der Waals surface area contributed by atoms with E-state index in [1.165, 1.54) is 5.56 Å². The molecule has 0 aliphatic rings. The monoisotopic (exact) mass is 312 g/mol. The summed E-state index contributed by atoms with van der Waals surface area (Å²) in [5, 5.41) is 4.39. The Labute approximate surface area is 134 Å². The summed E-state index contributed by atoms with van der Waals surface area (Å²) in [5.41, 5.74) is 1.20. The molecule has 0 aromatic heterocycles. The van der Waals surface area contributed by atoms with Crippen molar-refractivity contribution in [1.29, 1.82) is 0 Å². The summed E-state index contributed by atoms with van der Waals surface area (Å²) >= 11 is 6.33. The highest BCUT2D eigenvalue weighted by Crippen LogP contribution is 2.25. The summed E-state index contributed by atoms with van der Waals surface area (Å²) in [7, 11) is 0. The molecule has 0 bridgehead atoms. The fraction of sp³-hybridized carbons (Fsp3) is 0.647. The van der Waals surface area contributed by atoms with Gasteiger partial charge in [-0.3, -0.25) is 0 Å². The van der Waals surface area contributed by atoms with Gasteiger partial charge in [-0.1, -0.05) is 43.6 Å². The highest BCUT2D eigenvalue weighted by Gasteiger charge is 2.14. The van der Waals surface area contributed by atoms with Crippen LogP contribution in [0.15, 0.2) is 24.3 Å². The predicted octanol–water partition coefficient (Wildman–Crippen LogP) is 3.74. The van der Waals surface area contributed by atoms with E-state index in [9.17, 15) is 0 Å². The minimum Gasteiger partial charge on any atom is -0.380 e. The van der Waals surface area contributed by atoms with E-state index in [1.54, 1.807) is 0 Å². The molecule has 0 aliphatic heterocycles. The van der Waals surface area contributed by atoms with Crippen LogP contribution in [0.2, 0.25) is 5.02 Å². The molecule has 1 aromatic rings. The summed E-state index contributed by atoms with van der Waals surface area (Å²) in [6.45, 7) is 12.0. The Morgan fingerprint density at radius 1 is 1.19 bits per heavy atom. The molecule has 1 atom stereocenters. The van der Waals surface area contributed by atoms with Gasteiger partial charge in [0.2, 0.25) is 0 Å². The van der Waals surface area contributed by atoms with Gasteiger partial charge in [0, 0.05) is 30.8 Å². The highest BCUT2D eigenvalue weighted by molar-refractivity contribution is 6.31. The van der Waals surface area contributed by atoms with Crippen molar-refractivity contribution in [3.05, 3.63) is 34.9 Å². The molecule has 0 heterocycles. The predicted molar refractivity (Wildman–Crippen MR) is 91.1 cm³/mol. The minimum absolute atomic E-state index is 0.310. The maximum absolute atomic E-state index is 6.33. The van der Waals surface area contributed by atoms with Crippen LogP contribution < -0.4 is 5.32 Å². The van der Waals surface area contributed by atoms with Gasteiger partial charge in [0.05, 0.1) is 6.61 Å². The summed E-state index contributed by atoms with van der Waals surface area (Å²) in [6.07, 6.45) is 1.05. The molecule has 0 amide bonds. The van der Waals surface area contributed by atoms with Gasteiger partial charge in [-0.2, -0.15) is 0 Å². The molecule has 0 radical (unpaired) electrons. The first-order valence-corrected chi connectivity index (χ1v) is 8.38. The molecule has 120 valence electrons. The number of hydrogen-bond acceptors (Lipinski definition) is 3. The lowest BCUT2D eigenvalue weighted by molar-refractivity contribution is 0.113. The molecular weight excluding hydrogens is 284 g/mol. The first kappa shape index (κ1) is 18.4. The van der Waals surface area contributed by atoms with Gasteiger partial charge in [-0.15, -0.1) is 0 Å². The van der Waals surface area contributed by atoms with Crippen LogP contribution in [-0.2, 0) is 4.74 Å². The molecular formula is C17H29ClN2O. The third-order valence-electron chi connectivity index (χ3n) is 3.67. The van der Waals surface area contributed by atoms with E-state index < -0.39 is 0 Å². The SMILES string of the molecule is CCNC(CCN(CC)CCOCC)c1ccccc1Cl. The van der Waals surface area contributed by atoms with Crippen LogP contribution in [0.5, 0.6) is 0 Å². The Hall–Kier alpha value is -0.610. The second kappa shape index (κ2) is 11.0. The second-order valence-corrected chi connectivity index (χ2v) is 5.46. The number of rotatable bonds is 11. The molecule has 0 fully saturated rings. The number of hydrogen-bond donors (Lipinski definition) is 1. The fourth-order valence-corrected chi connectivity index (χ4v) is 2.72. The van der Waals surface area contributed by atoms with Gasteiger partial charge in [-0.05, 0) is 38.1 Å². The van der Waals surface area contributed by atoms with Crippen molar-refractivity contribution < 1.29 is 4.74 Å². The molecule has 0 spiro atoms. The molecule has 1 aromatic carbocycles. The quantitative estimate of drug-likeness (QED) is 0.630. The Morgan fingerprint density at radius 2 is 1.95 bits per heavy atom. The summed E-state index contributed by atoms with van der Waals surface area (Å²) in [6, 6.07) is 8.43. The maximum Gasteiger partial charge on any atom is 0.0593 e. The lowest BCUT2D eigenvalue weighted by Gasteiger charge is -2.25. The van der Waals surface area contributed by atoms with E-state index >= 15 is 0 Å². The van der Waals surface area contributed by atoms with Crippen LogP contribution in [0, 0.1) is 0 Å². The van der Waals surface area contributed by atoms with E-state index in [2.05, 4.69) is 36.2 Å². The molecule has 21 heavy (non-hydrogen) atoms. The Kier molecular flexibility index (Phi) is 9.68. The molecule has 4 heteroatoms. The number of benzene rings is 1. The van der Waals surface area contributed by atoms with Crippen molar-refractivity contribution in [2.24, 2.45) is 0 Å². The molecule has 0 saturated heterocycles.